The van der Waals surface area contributed by atoms with Crippen LogP contribution in [0.15, 0.2) is 66.9 Å². The molecule has 246 valence electrons. The molecule has 2 atom stereocenters. The lowest BCUT2D eigenvalue weighted by Gasteiger charge is -2.23. The van der Waals surface area contributed by atoms with Crippen LogP contribution in [0.25, 0.3) is 0 Å². The average molecular weight is 636 g/mol. The van der Waals surface area contributed by atoms with Crippen LogP contribution in [0.2, 0.25) is 0 Å². The molecule has 0 saturated carbocycles. The first-order valence-corrected chi connectivity index (χ1v) is 15.4. The highest BCUT2D eigenvalue weighted by Gasteiger charge is 2.28. The van der Waals surface area contributed by atoms with Gasteiger partial charge in [0.2, 0.25) is 17.7 Å². The zero-order valence-corrected chi connectivity index (χ0v) is 25.7. The highest BCUT2D eigenvalue weighted by atomic mass is 16.5. The number of nitrogens with zero attached hydrogens (tertiary/aromatic N) is 3. The number of hydrogen-bond donors (Lipinski definition) is 4. The van der Waals surface area contributed by atoms with E-state index >= 15 is 0 Å². The summed E-state index contributed by atoms with van der Waals surface area (Å²) >= 11 is 0. The summed E-state index contributed by atoms with van der Waals surface area (Å²) < 4.78 is 17.9. The van der Waals surface area contributed by atoms with Gasteiger partial charge in [0.05, 0.1) is 32.1 Å². The second-order valence-electron chi connectivity index (χ2n) is 10.7. The summed E-state index contributed by atoms with van der Waals surface area (Å²) in [5, 5.41) is 19.5. The van der Waals surface area contributed by atoms with E-state index < -0.39 is 29.8 Å². The molecule has 0 unspecified atom stereocenters. The number of aromatic nitrogens is 3. The van der Waals surface area contributed by atoms with E-state index in [0.717, 1.165) is 5.56 Å². The summed E-state index contributed by atoms with van der Waals surface area (Å²) in [4.78, 5) is 51.4. The minimum absolute atomic E-state index is 0.0914. The second kappa shape index (κ2) is 18.9. The number of unbranched alkanes of at least 4 members (excludes halogenated alkanes) is 1. The van der Waals surface area contributed by atoms with Crippen molar-refractivity contribution in [1.29, 1.82) is 0 Å². The lowest BCUT2D eigenvalue weighted by atomic mass is 10.1. The lowest BCUT2D eigenvalue weighted by molar-refractivity contribution is -0.133. The third-order valence-corrected chi connectivity index (χ3v) is 6.98. The SMILES string of the molecule is O=C(COc1ccccc1)NCCCC[C@@H]1NC(=O)COCCOCCNC(=O)[C@@H](Cc2cn(Cc3ccccc3)nn2)NC1=O. The number of carbonyl (C=O) groups is 4. The Labute approximate surface area is 267 Å². The normalized spacial score (nSPS) is 18.3. The van der Waals surface area contributed by atoms with E-state index in [1.54, 1.807) is 23.0 Å². The molecule has 3 aromatic rings. The van der Waals surface area contributed by atoms with Gasteiger partial charge in [-0.25, -0.2) is 4.68 Å². The molecule has 0 radical (unpaired) electrons. The van der Waals surface area contributed by atoms with Crippen molar-refractivity contribution in [1.82, 2.24) is 36.3 Å². The maximum Gasteiger partial charge on any atom is 0.257 e. The van der Waals surface area contributed by atoms with Crippen LogP contribution >= 0.6 is 0 Å². The first-order chi connectivity index (χ1) is 22.5. The van der Waals surface area contributed by atoms with Crippen LogP contribution in [0.3, 0.4) is 0 Å². The Morgan fingerprint density at radius 3 is 2.48 bits per heavy atom. The van der Waals surface area contributed by atoms with Crippen molar-refractivity contribution < 1.29 is 33.4 Å². The van der Waals surface area contributed by atoms with Crippen LogP contribution in [0, 0.1) is 0 Å². The fourth-order valence-corrected chi connectivity index (χ4v) is 4.65. The van der Waals surface area contributed by atoms with Crippen molar-refractivity contribution in [2.75, 3.05) is 46.1 Å². The Morgan fingerprint density at radius 2 is 1.67 bits per heavy atom. The van der Waals surface area contributed by atoms with Crippen LogP contribution in [0.1, 0.15) is 30.5 Å². The van der Waals surface area contributed by atoms with Gasteiger partial charge in [-0.2, -0.15) is 0 Å². The third-order valence-electron chi connectivity index (χ3n) is 6.98. The molecule has 1 aliphatic heterocycles. The maximum absolute atomic E-state index is 13.5. The molecule has 1 saturated heterocycles. The number of rotatable bonds is 12. The summed E-state index contributed by atoms with van der Waals surface area (Å²) in [7, 11) is 0. The number of hydrogen-bond acceptors (Lipinski definition) is 9. The number of ether oxygens (including phenoxy) is 3. The number of amides is 4. The molecule has 4 N–H and O–H groups in total. The van der Waals surface area contributed by atoms with Gasteiger partial charge in [0.25, 0.3) is 5.91 Å². The summed E-state index contributed by atoms with van der Waals surface area (Å²) in [6.07, 6.45) is 3.17. The van der Waals surface area contributed by atoms with Crippen molar-refractivity contribution in [3.05, 3.63) is 78.1 Å². The molecule has 1 fully saturated rings. The van der Waals surface area contributed by atoms with Crippen molar-refractivity contribution in [3.63, 3.8) is 0 Å². The van der Waals surface area contributed by atoms with Crippen molar-refractivity contribution in [3.8, 4) is 5.75 Å². The van der Waals surface area contributed by atoms with Crippen molar-refractivity contribution in [2.24, 2.45) is 0 Å². The fraction of sp³-hybridized carbons (Fsp3) is 0.438. The molecule has 4 amide bonds. The van der Waals surface area contributed by atoms with Gasteiger partial charge < -0.3 is 35.5 Å². The molecule has 46 heavy (non-hydrogen) atoms. The predicted molar refractivity (Wildman–Crippen MR) is 167 cm³/mol. The molecule has 14 nitrogen and oxygen atoms in total. The van der Waals surface area contributed by atoms with Crippen LogP contribution < -0.4 is 26.0 Å². The lowest BCUT2D eigenvalue weighted by Crippen LogP contribution is -2.55. The molecule has 0 spiro atoms. The van der Waals surface area contributed by atoms with Crippen LogP contribution in [0.5, 0.6) is 5.75 Å². The molecule has 1 aliphatic rings. The smallest absolute Gasteiger partial charge is 0.257 e. The van der Waals surface area contributed by atoms with Gasteiger partial charge >= 0.3 is 0 Å². The second-order valence-corrected chi connectivity index (χ2v) is 10.7. The Morgan fingerprint density at radius 1 is 0.913 bits per heavy atom. The number of nitrogens with one attached hydrogen (secondary N) is 4. The molecule has 14 heteroatoms. The van der Waals surface area contributed by atoms with E-state index in [-0.39, 0.29) is 58.3 Å². The summed E-state index contributed by atoms with van der Waals surface area (Å²) in [6, 6.07) is 16.9. The Bertz CT molecular complexity index is 1390. The van der Waals surface area contributed by atoms with Gasteiger partial charge in [-0.3, -0.25) is 19.2 Å². The average Bonchev–Trinajstić information content (AvgIpc) is 3.50. The van der Waals surface area contributed by atoms with Crippen LogP contribution in [0.4, 0.5) is 0 Å². The van der Waals surface area contributed by atoms with E-state index in [4.69, 9.17) is 14.2 Å². The Balaban J connectivity index is 1.33. The molecule has 0 aliphatic carbocycles. The Kier molecular flexibility index (Phi) is 14.0. The van der Waals surface area contributed by atoms with Gasteiger partial charge in [0.1, 0.15) is 24.4 Å². The minimum atomic E-state index is -0.973. The van der Waals surface area contributed by atoms with Crippen LogP contribution in [-0.4, -0.2) is 96.8 Å². The highest BCUT2D eigenvalue weighted by Crippen LogP contribution is 2.09. The standard InChI is InChI=1S/C32H41N7O7/c40-29(23-46-26-11-5-2-6-12-26)33-14-8-7-13-27-32(43)36-28(31(42)34-15-16-44-17-18-45-22-30(41)35-27)19-25-21-39(38-37-25)20-24-9-3-1-4-10-24/h1-6,9-12,21,27-28H,7-8,13-20,22-23H2,(H,33,40)(H,34,42)(H,35,41)(H,36,43)/t27-,28+/m0/s1. The summed E-state index contributed by atoms with van der Waals surface area (Å²) in [6.45, 7) is 1.43. The largest absolute Gasteiger partial charge is 0.484 e. The molecular weight excluding hydrogens is 594 g/mol. The monoisotopic (exact) mass is 635 g/mol. The predicted octanol–water partition coefficient (Wildman–Crippen LogP) is 0.367. The van der Waals surface area contributed by atoms with Crippen molar-refractivity contribution >= 4 is 23.6 Å². The van der Waals surface area contributed by atoms with E-state index in [0.29, 0.717) is 37.4 Å². The number of carbonyl (C=O) groups excluding carboxylic acids is 4. The van der Waals surface area contributed by atoms with Gasteiger partial charge in [0.15, 0.2) is 6.61 Å². The molecule has 2 heterocycles. The molecule has 2 aromatic carbocycles. The first-order valence-electron chi connectivity index (χ1n) is 15.4. The maximum atomic E-state index is 13.5. The topological polar surface area (TPSA) is 175 Å². The molecule has 4 rings (SSSR count). The number of benzene rings is 2. The summed E-state index contributed by atoms with van der Waals surface area (Å²) in [5.74, 6) is -1.06. The molecule has 0 bridgehead atoms. The van der Waals surface area contributed by atoms with E-state index in [9.17, 15) is 19.2 Å². The highest BCUT2D eigenvalue weighted by molar-refractivity contribution is 5.92. The van der Waals surface area contributed by atoms with Crippen molar-refractivity contribution in [2.45, 2.75) is 44.3 Å². The molecular formula is C32H41N7O7. The first kappa shape index (κ1) is 34.1. The van der Waals surface area contributed by atoms with Gasteiger partial charge in [-0.1, -0.05) is 53.7 Å². The van der Waals surface area contributed by atoms with Gasteiger partial charge in [-0.15, -0.1) is 5.10 Å². The van der Waals surface area contributed by atoms with E-state index in [1.807, 2.05) is 48.5 Å². The third kappa shape index (κ3) is 12.3. The Hall–Kier alpha value is -4.82. The van der Waals surface area contributed by atoms with Gasteiger partial charge in [-0.05, 0) is 37.0 Å². The van der Waals surface area contributed by atoms with Gasteiger partial charge in [0, 0.05) is 25.7 Å². The number of para-hydroxylation sites is 1. The minimum Gasteiger partial charge on any atom is -0.484 e. The molecule has 1 aromatic heterocycles. The fourth-order valence-electron chi connectivity index (χ4n) is 4.65. The summed E-state index contributed by atoms with van der Waals surface area (Å²) in [5.41, 5.74) is 1.56. The quantitative estimate of drug-likeness (QED) is 0.205. The zero-order chi connectivity index (χ0) is 32.4. The zero-order valence-electron chi connectivity index (χ0n) is 25.7. The van der Waals surface area contributed by atoms with E-state index in [1.165, 1.54) is 0 Å². The van der Waals surface area contributed by atoms with Crippen LogP contribution in [-0.2, 0) is 41.6 Å². The van der Waals surface area contributed by atoms with E-state index in [2.05, 4.69) is 31.6 Å².